The van der Waals surface area contributed by atoms with Crippen LogP contribution in [0.3, 0.4) is 0 Å². The van der Waals surface area contributed by atoms with E-state index in [1.54, 1.807) is 0 Å². The molecule has 41 heavy (non-hydrogen) atoms. The summed E-state index contributed by atoms with van der Waals surface area (Å²) in [5.41, 5.74) is 7.58. The molecular weight excluding hydrogens is 504 g/mol. The number of aromatic amines is 1. The van der Waals surface area contributed by atoms with Gasteiger partial charge in [0.15, 0.2) is 0 Å². The van der Waals surface area contributed by atoms with E-state index < -0.39 is 0 Å². The first-order valence-electron chi connectivity index (χ1n) is 13.6. The molecule has 4 aromatic carbocycles. The van der Waals surface area contributed by atoms with E-state index in [1.165, 1.54) is 10.8 Å². The van der Waals surface area contributed by atoms with Gasteiger partial charge >= 0.3 is 0 Å². The number of nitrogens with one attached hydrogen (secondary N) is 1. The molecule has 3 aromatic heterocycles. The monoisotopic (exact) mass is 528 g/mol. The van der Waals surface area contributed by atoms with Crippen LogP contribution in [-0.2, 0) is 0 Å². The second-order valence-electron chi connectivity index (χ2n) is 10.0. The third-order valence-corrected chi connectivity index (χ3v) is 7.50. The summed E-state index contributed by atoms with van der Waals surface area (Å²) in [4.78, 5) is 15.4. The number of rotatable bonds is 4. The Hall–Kier alpha value is -5.68. The van der Waals surface area contributed by atoms with Crippen LogP contribution in [0.4, 0.5) is 17.3 Å². The summed E-state index contributed by atoms with van der Waals surface area (Å²) in [6, 6.07) is 41.1. The van der Waals surface area contributed by atoms with Crippen LogP contribution in [0.15, 0.2) is 128 Å². The molecule has 1 aliphatic heterocycles. The number of anilines is 3. The molecule has 7 aromatic rings. The summed E-state index contributed by atoms with van der Waals surface area (Å²) in [5.74, 6) is 2.79. The summed E-state index contributed by atoms with van der Waals surface area (Å²) in [6.45, 7) is 0. The number of H-pyrrole nitrogens is 1. The molecule has 0 atom stereocenters. The summed E-state index contributed by atoms with van der Waals surface area (Å²) in [5, 5.41) is 2.43. The molecule has 0 radical (unpaired) electrons. The number of hydrogen-bond donors (Lipinski definition) is 1. The predicted molar refractivity (Wildman–Crippen MR) is 167 cm³/mol. The summed E-state index contributed by atoms with van der Waals surface area (Å²) in [6.07, 6.45) is 6.03. The molecule has 0 bridgehead atoms. The average Bonchev–Trinajstić information content (AvgIpc) is 3.32. The fraction of sp³-hybridized carbons (Fsp3) is 0. The Kier molecular flexibility index (Phi) is 5.38. The second-order valence-corrected chi connectivity index (χ2v) is 10.0. The van der Waals surface area contributed by atoms with Crippen molar-refractivity contribution in [1.29, 1.82) is 0 Å². The maximum Gasteiger partial charge on any atom is 0.221 e. The molecule has 5 nitrogen and oxygen atoms in total. The zero-order chi connectivity index (χ0) is 27.2. The van der Waals surface area contributed by atoms with Gasteiger partial charge in [-0.3, -0.25) is 4.90 Å². The topological polar surface area (TPSA) is 54.0 Å². The van der Waals surface area contributed by atoms with E-state index in [-0.39, 0.29) is 0 Å². The number of pyridine rings is 2. The third kappa shape index (κ3) is 4.03. The Bertz CT molecular complexity index is 2060. The third-order valence-electron chi connectivity index (χ3n) is 7.50. The number of para-hydroxylation sites is 3. The summed E-state index contributed by atoms with van der Waals surface area (Å²) in [7, 11) is 0. The molecule has 0 fully saturated rings. The van der Waals surface area contributed by atoms with Crippen molar-refractivity contribution in [3.05, 3.63) is 139 Å². The van der Waals surface area contributed by atoms with Crippen molar-refractivity contribution in [1.82, 2.24) is 15.0 Å². The van der Waals surface area contributed by atoms with Gasteiger partial charge in [-0.05, 0) is 53.6 Å². The van der Waals surface area contributed by atoms with E-state index in [1.807, 2.05) is 54.7 Å². The molecule has 1 N–H and O–H groups in total. The largest absolute Gasteiger partial charge is 0.439 e. The fourth-order valence-electron chi connectivity index (χ4n) is 5.63. The van der Waals surface area contributed by atoms with E-state index in [4.69, 9.17) is 14.7 Å². The SMILES string of the molecule is C1=Cc2cccnc2N(c2cccc(Oc3cccc(-c4cccc5c4[nH]c4ccccc45)c3)n2)c2ccccc21. The van der Waals surface area contributed by atoms with Gasteiger partial charge in [-0.1, -0.05) is 84.9 Å². The molecule has 0 saturated carbocycles. The van der Waals surface area contributed by atoms with E-state index >= 15 is 0 Å². The first-order chi connectivity index (χ1) is 20.3. The van der Waals surface area contributed by atoms with Crippen molar-refractivity contribution in [2.24, 2.45) is 0 Å². The van der Waals surface area contributed by atoms with Gasteiger partial charge in [0, 0.05) is 39.7 Å². The van der Waals surface area contributed by atoms with Gasteiger partial charge in [-0.15, -0.1) is 0 Å². The van der Waals surface area contributed by atoms with Gasteiger partial charge in [-0.2, -0.15) is 4.98 Å². The molecule has 194 valence electrons. The number of aromatic nitrogens is 3. The lowest BCUT2D eigenvalue weighted by atomic mass is 10.0. The van der Waals surface area contributed by atoms with Crippen LogP contribution in [0.1, 0.15) is 11.1 Å². The van der Waals surface area contributed by atoms with Crippen LogP contribution >= 0.6 is 0 Å². The molecule has 0 spiro atoms. The molecule has 0 aliphatic carbocycles. The van der Waals surface area contributed by atoms with Gasteiger partial charge in [0.2, 0.25) is 5.88 Å². The Morgan fingerprint density at radius 1 is 0.659 bits per heavy atom. The van der Waals surface area contributed by atoms with Crippen LogP contribution in [0, 0.1) is 0 Å². The van der Waals surface area contributed by atoms with Gasteiger partial charge < -0.3 is 9.72 Å². The number of nitrogens with zero attached hydrogens (tertiary/aromatic N) is 3. The van der Waals surface area contributed by atoms with Gasteiger partial charge in [-0.25, -0.2) is 4.98 Å². The van der Waals surface area contributed by atoms with E-state index in [0.717, 1.165) is 56.4 Å². The van der Waals surface area contributed by atoms with E-state index in [9.17, 15) is 0 Å². The van der Waals surface area contributed by atoms with Crippen molar-refractivity contribution < 1.29 is 4.74 Å². The maximum absolute atomic E-state index is 6.37. The van der Waals surface area contributed by atoms with E-state index in [2.05, 4.69) is 94.8 Å². The quantitative estimate of drug-likeness (QED) is 0.247. The Labute approximate surface area is 237 Å². The highest BCUT2D eigenvalue weighted by molar-refractivity contribution is 6.11. The molecule has 0 amide bonds. The smallest absolute Gasteiger partial charge is 0.221 e. The van der Waals surface area contributed by atoms with Crippen LogP contribution in [0.2, 0.25) is 0 Å². The van der Waals surface area contributed by atoms with E-state index in [0.29, 0.717) is 5.88 Å². The lowest BCUT2D eigenvalue weighted by Gasteiger charge is -2.25. The Balaban J connectivity index is 1.17. The second kappa shape index (κ2) is 9.50. The molecule has 4 heterocycles. The van der Waals surface area contributed by atoms with Crippen molar-refractivity contribution >= 4 is 51.3 Å². The number of ether oxygens (including phenoxy) is 1. The average molecular weight is 529 g/mol. The van der Waals surface area contributed by atoms with Crippen LogP contribution in [-0.4, -0.2) is 15.0 Å². The van der Waals surface area contributed by atoms with Crippen LogP contribution in [0.5, 0.6) is 11.6 Å². The molecule has 1 aliphatic rings. The molecular formula is C36H24N4O. The Morgan fingerprint density at radius 3 is 2.46 bits per heavy atom. The maximum atomic E-state index is 6.37. The standard InChI is InChI=1S/C36H24N4O/c1-4-17-32-24(9-1)20-21-25-11-8-22-37-36(25)40(32)33-18-7-19-34(39-33)41-27-12-5-10-26(23-27)28-14-6-15-30-29-13-2-3-16-31(29)38-35(28)30/h1-23,38H. The zero-order valence-corrected chi connectivity index (χ0v) is 22.0. The van der Waals surface area contributed by atoms with Crippen molar-refractivity contribution in [2.45, 2.75) is 0 Å². The summed E-state index contributed by atoms with van der Waals surface area (Å²) >= 11 is 0. The van der Waals surface area contributed by atoms with Gasteiger partial charge in [0.05, 0.1) is 11.2 Å². The van der Waals surface area contributed by atoms with Crippen molar-refractivity contribution in [2.75, 3.05) is 4.90 Å². The first kappa shape index (κ1) is 23.2. The minimum atomic E-state index is 0.510. The fourth-order valence-corrected chi connectivity index (χ4v) is 5.63. The molecule has 0 unspecified atom stereocenters. The molecule has 5 heteroatoms. The predicted octanol–water partition coefficient (Wildman–Crippen LogP) is 9.52. The Morgan fingerprint density at radius 2 is 1.46 bits per heavy atom. The highest BCUT2D eigenvalue weighted by Gasteiger charge is 2.22. The van der Waals surface area contributed by atoms with Gasteiger partial charge in [0.25, 0.3) is 0 Å². The lowest BCUT2D eigenvalue weighted by Crippen LogP contribution is -2.14. The zero-order valence-electron chi connectivity index (χ0n) is 22.0. The van der Waals surface area contributed by atoms with Crippen LogP contribution < -0.4 is 9.64 Å². The lowest BCUT2D eigenvalue weighted by molar-refractivity contribution is 0.463. The molecule has 8 rings (SSSR count). The normalized spacial score (nSPS) is 12.2. The molecule has 0 saturated heterocycles. The number of fused-ring (bicyclic) bond motifs is 5. The highest BCUT2D eigenvalue weighted by atomic mass is 16.5. The number of hydrogen-bond acceptors (Lipinski definition) is 4. The van der Waals surface area contributed by atoms with Crippen molar-refractivity contribution in [3.8, 4) is 22.8 Å². The highest BCUT2D eigenvalue weighted by Crippen LogP contribution is 2.41. The number of benzene rings is 4. The van der Waals surface area contributed by atoms with Gasteiger partial charge in [0.1, 0.15) is 17.4 Å². The summed E-state index contributed by atoms with van der Waals surface area (Å²) < 4.78 is 6.37. The minimum absolute atomic E-state index is 0.510. The van der Waals surface area contributed by atoms with Crippen molar-refractivity contribution in [3.63, 3.8) is 0 Å². The first-order valence-corrected chi connectivity index (χ1v) is 13.6. The minimum Gasteiger partial charge on any atom is -0.439 e. The van der Waals surface area contributed by atoms with Crippen LogP contribution in [0.25, 0.3) is 45.1 Å².